The summed E-state index contributed by atoms with van der Waals surface area (Å²) in [6.07, 6.45) is -13.0. The zero-order valence-electron chi connectivity index (χ0n) is 54.0. The van der Waals surface area contributed by atoms with E-state index in [1.165, 1.54) is 13.8 Å². The van der Waals surface area contributed by atoms with E-state index < -0.39 is 189 Å². The molecule has 13 heteroatoms. The van der Waals surface area contributed by atoms with Gasteiger partial charge in [0.1, 0.15) is 12.1 Å². The van der Waals surface area contributed by atoms with Crippen molar-refractivity contribution in [2.75, 3.05) is 12.3 Å². The molecule has 4 N–H and O–H groups in total. The van der Waals surface area contributed by atoms with Gasteiger partial charge in [0.05, 0.1) is 22.1 Å². The van der Waals surface area contributed by atoms with Crippen LogP contribution in [0.5, 0.6) is 0 Å². The van der Waals surface area contributed by atoms with Gasteiger partial charge in [0, 0.05) is 49.6 Å². The molecule has 0 unspecified atom stereocenters. The van der Waals surface area contributed by atoms with Gasteiger partial charge >= 0.3 is 6.03 Å². The van der Waals surface area contributed by atoms with Crippen molar-refractivity contribution in [3.05, 3.63) is 0 Å². The number of nitrogens with one attached hydrogen (secondary N) is 4. The summed E-state index contributed by atoms with van der Waals surface area (Å²) in [5, 5.41) is 7.80. The van der Waals surface area contributed by atoms with Crippen molar-refractivity contribution in [1.29, 1.82) is 0 Å². The molecule has 0 aromatic heterocycles. The fourth-order valence-electron chi connectivity index (χ4n) is 6.87. The molecule has 1 saturated heterocycles. The molecule has 3 saturated carbocycles. The average molecular weight is 735 g/mol. The second-order valence-electron chi connectivity index (χ2n) is 14.0. The lowest BCUT2D eigenvalue weighted by Gasteiger charge is -2.41. The summed E-state index contributed by atoms with van der Waals surface area (Å²) in [6, 6.07) is -11.4. The van der Waals surface area contributed by atoms with E-state index in [4.69, 9.17) is 37.0 Å². The van der Waals surface area contributed by atoms with Crippen LogP contribution < -0.4 is 21.3 Å². The third kappa shape index (κ3) is 8.79. The van der Waals surface area contributed by atoms with Crippen LogP contribution in [0.15, 0.2) is 0 Å². The van der Waals surface area contributed by atoms with Gasteiger partial charge in [-0.3, -0.25) is 19.2 Å². The van der Waals surface area contributed by atoms with Crippen LogP contribution in [0.1, 0.15) is 163 Å². The Labute approximate surface area is 331 Å². The molecule has 49 heavy (non-hydrogen) atoms. The Bertz CT molecular complexity index is 2310. The minimum absolute atomic E-state index is 0.0562. The van der Waals surface area contributed by atoms with Crippen molar-refractivity contribution in [3.8, 4) is 0 Å². The zero-order valence-corrected chi connectivity index (χ0v) is 27.9. The number of likely N-dealkylation sites (tertiary alicyclic amines) is 1. The third-order valence-electron chi connectivity index (χ3n) is 9.80. The van der Waals surface area contributed by atoms with Gasteiger partial charge in [0.25, 0.3) is 5.91 Å². The monoisotopic (exact) mass is 735 g/mol. The molecule has 4 fully saturated rings. The van der Waals surface area contributed by atoms with E-state index >= 15 is 4.79 Å². The number of ketones is 1. The quantitative estimate of drug-likeness (QED) is 0.210. The number of nitrogens with zero attached hydrogens (tertiary/aromatic N) is 1. The number of hydrogen-bond donors (Lipinski definition) is 4. The summed E-state index contributed by atoms with van der Waals surface area (Å²) in [4.78, 5) is 72.2. The molecule has 1 heterocycles. The first-order valence-electron chi connectivity index (χ1n) is 29.2. The summed E-state index contributed by atoms with van der Waals surface area (Å²) in [5.74, 6) is -11.3. The lowest BCUT2D eigenvalue weighted by atomic mass is 9.83. The van der Waals surface area contributed by atoms with Crippen molar-refractivity contribution in [2.45, 2.75) is 160 Å². The Balaban J connectivity index is 1.96. The molecule has 278 valence electrons. The van der Waals surface area contributed by atoms with Gasteiger partial charge in [-0.05, 0) is 75.3 Å². The van der Waals surface area contributed by atoms with Crippen LogP contribution in [0.3, 0.4) is 0 Å². The van der Waals surface area contributed by atoms with Crippen molar-refractivity contribution < 1.29 is 69.4 Å². The Kier molecular flexibility index (Phi) is 4.71. The highest BCUT2D eigenvalue weighted by Gasteiger charge is 2.70. The molecule has 0 radical (unpaired) electrons. The number of piperidine rings is 1. The van der Waals surface area contributed by atoms with Gasteiger partial charge in [-0.1, -0.05) is 73.3 Å². The van der Waals surface area contributed by atoms with E-state index in [0.29, 0.717) is 17.7 Å². The van der Waals surface area contributed by atoms with Gasteiger partial charge in [-0.2, -0.15) is 0 Å². The molecule has 1 aliphatic heterocycles. The average Bonchev–Trinajstić information content (AvgIpc) is 4.02. The van der Waals surface area contributed by atoms with Gasteiger partial charge in [0.2, 0.25) is 17.6 Å². The predicted molar refractivity (Wildman–Crippen MR) is 188 cm³/mol. The Morgan fingerprint density at radius 2 is 1.65 bits per heavy atom. The topological polar surface area (TPSA) is 171 Å². The summed E-state index contributed by atoms with van der Waals surface area (Å²) in [5.41, 5.74) is -7.95. The Morgan fingerprint density at radius 3 is 2.24 bits per heavy atom. The number of sulfone groups is 1. The van der Waals surface area contributed by atoms with Crippen LogP contribution in [0.25, 0.3) is 0 Å². The molecule has 0 aromatic rings. The maximum atomic E-state index is 15.4. The Hall–Kier alpha value is -2.70. The first kappa shape index (κ1) is 16.3. The lowest BCUT2D eigenvalue weighted by Crippen LogP contribution is -2.64. The smallest absolute Gasteiger partial charge is 0.315 e. The molecular formula is C36H61N5O7S. The van der Waals surface area contributed by atoms with Crippen LogP contribution in [0.4, 0.5) is 4.79 Å². The molecule has 0 spiro atoms. The van der Waals surface area contributed by atoms with Gasteiger partial charge in [0.15, 0.2) is 9.84 Å². The number of Topliss-reactive ketones (excluding diaryl/α,β-unsaturated/α-hetero) is 1. The highest BCUT2D eigenvalue weighted by atomic mass is 32.2. The zero-order chi connectivity index (χ0) is 59.6. The molecule has 4 aliphatic rings. The summed E-state index contributed by atoms with van der Waals surface area (Å²) >= 11 is 0. The molecule has 5 amide bonds. The molecule has 0 aromatic carbocycles. The molecule has 12 nitrogen and oxygen atoms in total. The summed E-state index contributed by atoms with van der Waals surface area (Å²) < 4.78 is 246. The summed E-state index contributed by atoms with van der Waals surface area (Å²) in [7, 11) is -6.07. The maximum Gasteiger partial charge on any atom is 0.315 e. The van der Waals surface area contributed by atoms with Gasteiger partial charge < -0.3 is 26.2 Å². The van der Waals surface area contributed by atoms with Crippen LogP contribution in [0, 0.1) is 22.7 Å². The minimum atomic E-state index is -6.07. The first-order valence-corrected chi connectivity index (χ1v) is 17.4. The number of rotatable bonds is 13. The fraction of sp³-hybridized carbons (Fsp3) is 0.861. The number of urea groups is 1. The van der Waals surface area contributed by atoms with Crippen LogP contribution in [-0.2, 0) is 29.0 Å². The molecule has 4 rings (SSSR count). The van der Waals surface area contributed by atoms with E-state index in [-0.39, 0.29) is 19.3 Å². The number of fused-ring (bicyclic) bond motifs is 1. The van der Waals surface area contributed by atoms with Crippen molar-refractivity contribution >= 4 is 39.4 Å². The van der Waals surface area contributed by atoms with E-state index in [1.807, 2.05) is 0 Å². The highest BCUT2D eigenvalue weighted by Crippen LogP contribution is 2.65. The second-order valence-corrected chi connectivity index (χ2v) is 16.1. The SMILES string of the molecule is [2H]C([2H])([2H])C([2H])([2H])C([2H])([2H])C([2H])([2H])[C@H](NC(=O)[C@@H]1[C@@H]2[C@H](CN1C(=O)[C@@H](NC(=O)NC1(CS(=O)(=O)C(C([2H])([2H])[2H])(C([2H])([2H])[2H])C([2H])([2H])[2H])CCCCC1)C(C([2H])([2H])[2H])(C([2H])([2H])[2H])C([2H])([2H])[2H])C2(C)C)C(=O)C(=O)NC1CC1. The molecule has 5 atom stereocenters. The first-order chi connectivity index (χ1) is 33.5. The predicted octanol–water partition coefficient (Wildman–Crippen LogP) is 3.62. The molecule has 0 bridgehead atoms. The third-order valence-corrected chi connectivity index (χ3v) is 11.7. The van der Waals surface area contributed by atoms with E-state index in [2.05, 4.69) is 10.6 Å². The number of carbonyl (C=O) groups excluding carboxylic acids is 5. The van der Waals surface area contributed by atoms with E-state index in [9.17, 15) is 27.6 Å². The van der Waals surface area contributed by atoms with Crippen LogP contribution in [0.2, 0.25) is 0 Å². The van der Waals surface area contributed by atoms with Crippen molar-refractivity contribution in [2.24, 2.45) is 22.7 Å². The van der Waals surface area contributed by atoms with Crippen LogP contribution >= 0.6 is 0 Å². The molecule has 3 aliphatic carbocycles. The number of hydrogen-bond acceptors (Lipinski definition) is 7. The normalized spacial score (nSPS) is 36.6. The number of amides is 5. The standard InChI is InChI=1S/C36H61N5O7S/c1-10-11-15-24(27(42)30(44)37-22-16-17-22)38-29(43)26-25-23(35(25,8)9)20-41(26)31(45)28(33(2,3)4)39-32(46)40-36(18-13-12-14-19-36)21-49(47,48)34(5,6)7/h22-26,28H,10-21H2,1-9H3,(H,37,44)(H,38,43)(H2,39,40,46)/t23-,24-,25-,26-,28+/m0/s1/i1D3,2D3,3D3,4D3,5D3,6D3,7D3,10D2,11D2,15D2. The fourth-order valence-corrected chi connectivity index (χ4v) is 8.17. The van der Waals surface area contributed by atoms with Gasteiger partial charge in [-0.15, -0.1) is 0 Å². The summed E-state index contributed by atoms with van der Waals surface area (Å²) in [6.45, 7) is -27.9. The second kappa shape index (κ2) is 14.1. The lowest BCUT2D eigenvalue weighted by molar-refractivity contribution is -0.145. The molecular weight excluding hydrogens is 646 g/mol. The van der Waals surface area contributed by atoms with E-state index in [0.717, 1.165) is 0 Å². The minimum Gasteiger partial charge on any atom is -0.347 e. The highest BCUT2D eigenvalue weighted by molar-refractivity contribution is 7.92. The van der Waals surface area contributed by atoms with Crippen molar-refractivity contribution in [3.63, 3.8) is 0 Å². The largest absolute Gasteiger partial charge is 0.347 e. The van der Waals surface area contributed by atoms with E-state index in [1.54, 1.807) is 10.6 Å². The van der Waals surface area contributed by atoms with Crippen molar-refractivity contribution in [1.82, 2.24) is 26.2 Å². The Morgan fingerprint density at radius 1 is 0.980 bits per heavy atom. The van der Waals surface area contributed by atoms with Crippen LogP contribution in [-0.4, -0.2) is 89.6 Å². The number of carbonyl (C=O) groups is 5. The van der Waals surface area contributed by atoms with Gasteiger partial charge in [-0.25, -0.2) is 13.2 Å². The maximum absolute atomic E-state index is 15.4.